The number of fused-ring (bicyclic) bond motifs is 2. The molecule has 2 fully saturated rings. The number of benzene rings is 1. The summed E-state index contributed by atoms with van der Waals surface area (Å²) >= 11 is 3.51. The largest absolute Gasteiger partial charge is 0.505 e. The second-order valence-electron chi connectivity index (χ2n) is 12.9. The Morgan fingerprint density at radius 3 is 2.46 bits per heavy atom. The minimum Gasteiger partial charge on any atom is -0.444 e. The van der Waals surface area contributed by atoms with Gasteiger partial charge in [-0.2, -0.15) is 0 Å². The molecule has 0 radical (unpaired) electrons. The lowest BCUT2D eigenvalue weighted by molar-refractivity contribution is 0.00578. The van der Waals surface area contributed by atoms with E-state index in [0.717, 1.165) is 33.6 Å². The standard InChI is InChI=1S/C29H36BN3O4S2/c1-16-11-20(33(15-16)26(34)35-27(2,3)4)25-31-18-10-9-17(12-19(18)32-25)21-13-22-23(38-21)14-24(39-22)30-36-28(5,6)29(7,8)37-30/h9-10,12-14,16,20H,11,15H2,1-8H3,(H,31,32)/t16-,20-/m0/s1. The average molecular weight is 566 g/mol. The summed E-state index contributed by atoms with van der Waals surface area (Å²) in [6, 6.07) is 10.7. The fourth-order valence-corrected chi connectivity index (χ4v) is 7.60. The zero-order valence-corrected chi connectivity index (χ0v) is 25.5. The van der Waals surface area contributed by atoms with Crippen LogP contribution in [0.15, 0.2) is 30.3 Å². The van der Waals surface area contributed by atoms with E-state index in [-0.39, 0.29) is 30.5 Å². The zero-order chi connectivity index (χ0) is 27.9. The highest BCUT2D eigenvalue weighted by atomic mass is 32.1. The van der Waals surface area contributed by atoms with Crippen LogP contribution in [0.4, 0.5) is 4.79 Å². The Morgan fingerprint density at radius 2 is 1.79 bits per heavy atom. The number of nitrogens with one attached hydrogen (secondary N) is 1. The molecule has 2 atom stereocenters. The van der Waals surface area contributed by atoms with E-state index in [2.05, 4.69) is 69.9 Å². The van der Waals surface area contributed by atoms with Gasteiger partial charge in [0.1, 0.15) is 11.4 Å². The highest BCUT2D eigenvalue weighted by molar-refractivity contribution is 7.34. The number of hydrogen-bond acceptors (Lipinski definition) is 7. The molecule has 0 aliphatic carbocycles. The molecular formula is C29H36BN3O4S2. The monoisotopic (exact) mass is 565 g/mol. The molecule has 1 amide bonds. The number of likely N-dealkylation sites (tertiary alicyclic amines) is 1. The smallest absolute Gasteiger partial charge is 0.444 e. The lowest BCUT2D eigenvalue weighted by Crippen LogP contribution is -2.41. The van der Waals surface area contributed by atoms with Crippen LogP contribution >= 0.6 is 22.7 Å². The van der Waals surface area contributed by atoms with E-state index in [9.17, 15) is 4.79 Å². The van der Waals surface area contributed by atoms with Crippen LogP contribution in [-0.4, -0.2) is 51.4 Å². The SMILES string of the molecule is C[C@H]1C[C@@H](c2nc3ccc(-c4cc5sc(B6OC(C)(C)C(C)(C)O6)cc5s4)cc3[nH]2)N(C(=O)OC(C)(C)C)C1. The van der Waals surface area contributed by atoms with Crippen LogP contribution < -0.4 is 4.78 Å². The van der Waals surface area contributed by atoms with E-state index in [4.69, 9.17) is 19.0 Å². The van der Waals surface area contributed by atoms with Gasteiger partial charge in [0, 0.05) is 25.6 Å². The van der Waals surface area contributed by atoms with Gasteiger partial charge in [0.25, 0.3) is 0 Å². The molecule has 3 aromatic heterocycles. The predicted molar refractivity (Wildman–Crippen MR) is 160 cm³/mol. The summed E-state index contributed by atoms with van der Waals surface area (Å²) < 4.78 is 21.8. The van der Waals surface area contributed by atoms with Crippen LogP contribution in [0, 0.1) is 5.92 Å². The topological polar surface area (TPSA) is 76.7 Å². The number of carbonyl (C=O) groups excluding carboxylic acids is 1. The molecule has 10 heteroatoms. The Hall–Kier alpha value is -2.40. The van der Waals surface area contributed by atoms with Crippen molar-refractivity contribution in [1.82, 2.24) is 14.9 Å². The maximum absolute atomic E-state index is 12.9. The van der Waals surface area contributed by atoms with Crippen molar-refractivity contribution >= 4 is 61.1 Å². The van der Waals surface area contributed by atoms with Gasteiger partial charge in [-0.3, -0.25) is 4.90 Å². The molecule has 2 saturated heterocycles. The van der Waals surface area contributed by atoms with Gasteiger partial charge in [0.2, 0.25) is 0 Å². The van der Waals surface area contributed by atoms with Crippen LogP contribution in [0.3, 0.4) is 0 Å². The molecular weight excluding hydrogens is 529 g/mol. The molecule has 0 bridgehead atoms. The number of thiophene rings is 2. The van der Waals surface area contributed by atoms with E-state index in [0.29, 0.717) is 12.5 Å². The second-order valence-corrected chi connectivity index (χ2v) is 15.1. The summed E-state index contributed by atoms with van der Waals surface area (Å²) in [6.45, 7) is 16.9. The van der Waals surface area contributed by atoms with E-state index >= 15 is 0 Å². The Morgan fingerprint density at radius 1 is 1.10 bits per heavy atom. The third-order valence-corrected chi connectivity index (χ3v) is 10.3. The summed E-state index contributed by atoms with van der Waals surface area (Å²) in [5.74, 6) is 1.20. The number of aromatic nitrogens is 2. The van der Waals surface area contributed by atoms with E-state index in [1.807, 2.05) is 25.7 Å². The second kappa shape index (κ2) is 9.06. The molecule has 0 saturated carbocycles. The number of carbonyl (C=O) groups is 1. The Balaban J connectivity index is 1.25. The van der Waals surface area contributed by atoms with Crippen molar-refractivity contribution in [3.63, 3.8) is 0 Å². The van der Waals surface area contributed by atoms with Crippen molar-refractivity contribution in [1.29, 1.82) is 0 Å². The third kappa shape index (κ3) is 4.90. The first-order valence-electron chi connectivity index (χ1n) is 13.6. The number of imidazole rings is 1. The number of aromatic amines is 1. The molecule has 5 heterocycles. The van der Waals surface area contributed by atoms with Gasteiger partial charge in [-0.05, 0) is 90.6 Å². The molecule has 0 spiro atoms. The summed E-state index contributed by atoms with van der Waals surface area (Å²) in [5, 5.41) is 0. The molecule has 1 aromatic carbocycles. The average Bonchev–Trinajstić information content (AvgIpc) is 3.59. The molecule has 7 nitrogen and oxygen atoms in total. The van der Waals surface area contributed by atoms with E-state index in [1.54, 1.807) is 22.7 Å². The van der Waals surface area contributed by atoms with Gasteiger partial charge in [-0.25, -0.2) is 9.78 Å². The van der Waals surface area contributed by atoms with Crippen molar-refractivity contribution in [2.75, 3.05) is 6.54 Å². The normalized spacial score (nSPS) is 22.9. The number of amides is 1. The van der Waals surface area contributed by atoms with Crippen LogP contribution in [0.25, 0.3) is 30.9 Å². The molecule has 0 unspecified atom stereocenters. The molecule has 2 aliphatic rings. The van der Waals surface area contributed by atoms with Crippen molar-refractivity contribution in [3.8, 4) is 10.4 Å². The molecule has 6 rings (SSSR count). The molecule has 2 aliphatic heterocycles. The van der Waals surface area contributed by atoms with E-state index in [1.165, 1.54) is 14.3 Å². The van der Waals surface area contributed by atoms with Crippen molar-refractivity contribution in [3.05, 3.63) is 36.2 Å². The van der Waals surface area contributed by atoms with Gasteiger partial charge in [-0.1, -0.05) is 13.0 Å². The Kier molecular flexibility index (Phi) is 6.23. The van der Waals surface area contributed by atoms with Crippen LogP contribution in [0.1, 0.15) is 73.7 Å². The van der Waals surface area contributed by atoms with Gasteiger partial charge < -0.3 is 19.0 Å². The summed E-state index contributed by atoms with van der Waals surface area (Å²) in [6.07, 6.45) is 0.578. The Bertz CT molecular complexity index is 1520. The summed E-state index contributed by atoms with van der Waals surface area (Å²) in [5.41, 5.74) is 1.79. The Labute approximate surface area is 238 Å². The lowest BCUT2D eigenvalue weighted by atomic mass is 9.88. The molecule has 1 N–H and O–H groups in total. The fraction of sp³-hybridized carbons (Fsp3) is 0.517. The number of nitrogens with zero attached hydrogens (tertiary/aromatic N) is 2. The predicted octanol–water partition coefficient (Wildman–Crippen LogP) is 7.12. The first kappa shape index (κ1) is 26.8. The maximum Gasteiger partial charge on any atom is 0.505 e. The number of rotatable bonds is 3. The molecule has 39 heavy (non-hydrogen) atoms. The first-order valence-corrected chi connectivity index (χ1v) is 15.2. The molecule has 206 valence electrons. The highest BCUT2D eigenvalue weighted by Gasteiger charge is 2.52. The number of ether oxygens (including phenoxy) is 1. The van der Waals surface area contributed by atoms with Crippen molar-refractivity contribution in [2.24, 2.45) is 5.92 Å². The summed E-state index contributed by atoms with van der Waals surface area (Å²) in [7, 11) is -0.332. The number of H-pyrrole nitrogens is 1. The van der Waals surface area contributed by atoms with Gasteiger partial charge >= 0.3 is 13.2 Å². The minimum absolute atomic E-state index is 0.119. The third-order valence-electron chi connectivity index (χ3n) is 7.95. The first-order chi connectivity index (χ1) is 18.2. The molecule has 4 aromatic rings. The summed E-state index contributed by atoms with van der Waals surface area (Å²) in [4.78, 5) is 24.3. The van der Waals surface area contributed by atoms with Gasteiger partial charge in [0.05, 0.1) is 28.3 Å². The quantitative estimate of drug-likeness (QED) is 0.268. The van der Waals surface area contributed by atoms with Gasteiger partial charge in [0.15, 0.2) is 0 Å². The van der Waals surface area contributed by atoms with Crippen LogP contribution in [-0.2, 0) is 14.0 Å². The maximum atomic E-state index is 12.9. The fourth-order valence-electron chi connectivity index (χ4n) is 5.24. The lowest BCUT2D eigenvalue weighted by Gasteiger charge is -2.32. The zero-order valence-electron chi connectivity index (χ0n) is 23.9. The van der Waals surface area contributed by atoms with Crippen molar-refractivity contribution in [2.45, 2.75) is 84.7 Å². The van der Waals surface area contributed by atoms with Crippen molar-refractivity contribution < 1.29 is 18.8 Å². The highest BCUT2D eigenvalue weighted by Crippen LogP contribution is 2.41. The van der Waals surface area contributed by atoms with Crippen LogP contribution in [0.2, 0.25) is 0 Å². The number of hydrogen-bond donors (Lipinski definition) is 1. The van der Waals surface area contributed by atoms with Gasteiger partial charge in [-0.15, -0.1) is 22.7 Å². The van der Waals surface area contributed by atoms with Crippen LogP contribution in [0.5, 0.6) is 0 Å². The minimum atomic E-state index is -0.532. The van der Waals surface area contributed by atoms with E-state index < -0.39 is 5.60 Å².